The summed E-state index contributed by atoms with van der Waals surface area (Å²) in [7, 11) is 1.79. The lowest BCUT2D eigenvalue weighted by Gasteiger charge is -2.16. The molecule has 102 valence electrons. The molecule has 1 aromatic heterocycles. The predicted molar refractivity (Wildman–Crippen MR) is 75.9 cm³/mol. The van der Waals surface area contributed by atoms with Crippen LogP contribution in [0.3, 0.4) is 0 Å². The van der Waals surface area contributed by atoms with E-state index in [2.05, 4.69) is 5.32 Å². The summed E-state index contributed by atoms with van der Waals surface area (Å²) in [6.07, 6.45) is 1.01. The molecule has 0 spiro atoms. The minimum absolute atomic E-state index is 0.0267. The summed E-state index contributed by atoms with van der Waals surface area (Å²) in [5.74, 6) is -0.992. The number of nitrogens with one attached hydrogen (secondary N) is 1. The van der Waals surface area contributed by atoms with Gasteiger partial charge in [0.15, 0.2) is 0 Å². The van der Waals surface area contributed by atoms with E-state index >= 15 is 0 Å². The Kier molecular flexibility index (Phi) is 4.91. The molecule has 1 nitrogen and oxygen atoms in total. The third-order valence-electron chi connectivity index (χ3n) is 3.00. The van der Waals surface area contributed by atoms with Gasteiger partial charge in [0.2, 0.25) is 0 Å². The zero-order chi connectivity index (χ0) is 13.8. The standard InChI is InChI=1S/C14H14ClF2NS/c1-18-9(7-10-5-6-14(15)19-10)8-11-12(16)3-2-4-13(11)17/h2-6,9,18H,7-8H2,1H3. The minimum atomic E-state index is -0.496. The molecule has 1 N–H and O–H groups in total. The maximum absolute atomic E-state index is 13.6. The van der Waals surface area contributed by atoms with Crippen LogP contribution in [0.1, 0.15) is 10.4 Å². The van der Waals surface area contributed by atoms with Gasteiger partial charge in [-0.1, -0.05) is 17.7 Å². The molecule has 1 heterocycles. The Balaban J connectivity index is 2.11. The van der Waals surface area contributed by atoms with Crippen molar-refractivity contribution in [3.63, 3.8) is 0 Å². The summed E-state index contributed by atoms with van der Waals surface area (Å²) < 4.78 is 27.9. The quantitative estimate of drug-likeness (QED) is 0.878. The Labute approximate surface area is 120 Å². The fourth-order valence-corrected chi connectivity index (χ4v) is 3.12. The number of benzene rings is 1. The third-order valence-corrected chi connectivity index (χ3v) is 4.25. The van der Waals surface area contributed by atoms with E-state index in [0.717, 1.165) is 9.21 Å². The summed E-state index contributed by atoms with van der Waals surface area (Å²) in [6, 6.07) is 7.69. The highest BCUT2D eigenvalue weighted by Gasteiger charge is 2.15. The molecule has 0 saturated heterocycles. The molecular formula is C14H14ClF2NS. The van der Waals surface area contributed by atoms with E-state index in [-0.39, 0.29) is 11.6 Å². The molecule has 0 aliphatic heterocycles. The van der Waals surface area contributed by atoms with Crippen LogP contribution in [0.25, 0.3) is 0 Å². The van der Waals surface area contributed by atoms with Gasteiger partial charge in [-0.05, 0) is 44.2 Å². The molecule has 1 aromatic carbocycles. The summed E-state index contributed by atoms with van der Waals surface area (Å²) in [5, 5.41) is 3.09. The zero-order valence-corrected chi connectivity index (χ0v) is 12.0. The Morgan fingerprint density at radius 1 is 1.16 bits per heavy atom. The van der Waals surface area contributed by atoms with E-state index in [1.807, 2.05) is 12.1 Å². The van der Waals surface area contributed by atoms with Crippen molar-refractivity contribution >= 4 is 22.9 Å². The first-order chi connectivity index (χ1) is 9.10. The van der Waals surface area contributed by atoms with Crippen molar-refractivity contribution in [2.24, 2.45) is 0 Å². The van der Waals surface area contributed by atoms with Gasteiger partial charge in [-0.15, -0.1) is 11.3 Å². The van der Waals surface area contributed by atoms with Crippen molar-refractivity contribution in [2.45, 2.75) is 18.9 Å². The van der Waals surface area contributed by atoms with Crippen LogP contribution in [0, 0.1) is 11.6 Å². The summed E-state index contributed by atoms with van der Waals surface area (Å²) in [5.41, 5.74) is 0.129. The molecule has 0 aliphatic carbocycles. The van der Waals surface area contributed by atoms with Gasteiger partial charge >= 0.3 is 0 Å². The van der Waals surface area contributed by atoms with Gasteiger partial charge in [-0.2, -0.15) is 0 Å². The summed E-state index contributed by atoms with van der Waals surface area (Å²) >= 11 is 7.36. The average Bonchev–Trinajstić information content (AvgIpc) is 2.78. The molecule has 1 atom stereocenters. The predicted octanol–water partition coefficient (Wildman–Crippen LogP) is 4.05. The maximum atomic E-state index is 13.6. The second-order valence-corrected chi connectivity index (χ2v) is 6.10. The van der Waals surface area contributed by atoms with Gasteiger partial charge in [0, 0.05) is 16.5 Å². The van der Waals surface area contributed by atoms with Crippen LogP contribution in [0.4, 0.5) is 8.78 Å². The second-order valence-electron chi connectivity index (χ2n) is 4.30. The van der Waals surface area contributed by atoms with Crippen molar-refractivity contribution in [3.05, 3.63) is 56.7 Å². The molecule has 19 heavy (non-hydrogen) atoms. The normalized spacial score (nSPS) is 12.6. The number of likely N-dealkylation sites (N-methyl/N-ethyl adjacent to an activating group) is 1. The van der Waals surface area contributed by atoms with Gasteiger partial charge in [-0.3, -0.25) is 0 Å². The lowest BCUT2D eigenvalue weighted by Crippen LogP contribution is -2.30. The molecule has 0 bridgehead atoms. The number of thiophene rings is 1. The van der Waals surface area contributed by atoms with Gasteiger partial charge in [-0.25, -0.2) is 8.78 Å². The zero-order valence-electron chi connectivity index (χ0n) is 10.4. The van der Waals surface area contributed by atoms with Crippen LogP contribution in [-0.2, 0) is 12.8 Å². The van der Waals surface area contributed by atoms with Crippen molar-refractivity contribution in [3.8, 4) is 0 Å². The van der Waals surface area contributed by atoms with Crippen LogP contribution < -0.4 is 5.32 Å². The Bertz CT molecular complexity index is 536. The molecule has 0 fully saturated rings. The van der Waals surface area contributed by atoms with E-state index in [1.54, 1.807) is 7.05 Å². The first-order valence-electron chi connectivity index (χ1n) is 5.94. The van der Waals surface area contributed by atoms with Crippen LogP contribution in [0.15, 0.2) is 30.3 Å². The van der Waals surface area contributed by atoms with Gasteiger partial charge in [0.25, 0.3) is 0 Å². The SMILES string of the molecule is CNC(Cc1ccc(Cl)s1)Cc1c(F)cccc1F. The van der Waals surface area contributed by atoms with Crippen molar-refractivity contribution in [1.29, 1.82) is 0 Å². The monoisotopic (exact) mass is 301 g/mol. The highest BCUT2D eigenvalue weighted by molar-refractivity contribution is 7.16. The first-order valence-corrected chi connectivity index (χ1v) is 7.14. The third kappa shape index (κ3) is 3.75. The Morgan fingerprint density at radius 2 is 1.84 bits per heavy atom. The Hall–Kier alpha value is -0.970. The maximum Gasteiger partial charge on any atom is 0.129 e. The Morgan fingerprint density at radius 3 is 2.37 bits per heavy atom. The lowest BCUT2D eigenvalue weighted by molar-refractivity contribution is 0.503. The second kappa shape index (κ2) is 6.46. The molecule has 2 rings (SSSR count). The molecule has 2 aromatic rings. The minimum Gasteiger partial charge on any atom is -0.316 e. The molecule has 0 radical (unpaired) electrons. The molecule has 0 aliphatic rings. The molecule has 0 amide bonds. The van der Waals surface area contributed by atoms with Crippen LogP contribution in [-0.4, -0.2) is 13.1 Å². The van der Waals surface area contributed by atoms with Gasteiger partial charge < -0.3 is 5.32 Å². The average molecular weight is 302 g/mol. The highest BCUT2D eigenvalue weighted by atomic mass is 35.5. The number of hydrogen-bond acceptors (Lipinski definition) is 2. The van der Waals surface area contributed by atoms with Gasteiger partial charge in [0.05, 0.1) is 4.34 Å². The highest BCUT2D eigenvalue weighted by Crippen LogP contribution is 2.23. The van der Waals surface area contributed by atoms with E-state index in [0.29, 0.717) is 12.8 Å². The van der Waals surface area contributed by atoms with Crippen LogP contribution in [0.5, 0.6) is 0 Å². The van der Waals surface area contributed by atoms with Crippen LogP contribution >= 0.6 is 22.9 Å². The first kappa shape index (κ1) is 14.4. The van der Waals surface area contributed by atoms with E-state index in [1.165, 1.54) is 29.5 Å². The lowest BCUT2D eigenvalue weighted by atomic mass is 10.0. The summed E-state index contributed by atoms with van der Waals surface area (Å²) in [6.45, 7) is 0. The van der Waals surface area contributed by atoms with Crippen molar-refractivity contribution in [2.75, 3.05) is 7.05 Å². The van der Waals surface area contributed by atoms with E-state index in [9.17, 15) is 8.78 Å². The molecular weight excluding hydrogens is 288 g/mol. The van der Waals surface area contributed by atoms with Crippen LogP contribution in [0.2, 0.25) is 4.34 Å². The fourth-order valence-electron chi connectivity index (χ4n) is 1.95. The molecule has 0 saturated carbocycles. The van der Waals surface area contributed by atoms with Crippen molar-refractivity contribution < 1.29 is 8.78 Å². The fraction of sp³-hybridized carbons (Fsp3) is 0.286. The molecule has 5 heteroatoms. The summed E-state index contributed by atoms with van der Waals surface area (Å²) in [4.78, 5) is 1.10. The van der Waals surface area contributed by atoms with Crippen molar-refractivity contribution in [1.82, 2.24) is 5.32 Å². The number of rotatable bonds is 5. The number of hydrogen-bond donors (Lipinski definition) is 1. The molecule has 1 unspecified atom stereocenters. The smallest absolute Gasteiger partial charge is 0.129 e. The van der Waals surface area contributed by atoms with E-state index in [4.69, 9.17) is 11.6 Å². The van der Waals surface area contributed by atoms with Gasteiger partial charge in [0.1, 0.15) is 11.6 Å². The topological polar surface area (TPSA) is 12.0 Å². The van der Waals surface area contributed by atoms with E-state index < -0.39 is 11.6 Å². The number of halogens is 3. The largest absolute Gasteiger partial charge is 0.316 e.